The van der Waals surface area contributed by atoms with Crippen LogP contribution in [0.25, 0.3) is 21.5 Å². The van der Waals surface area contributed by atoms with Gasteiger partial charge in [-0.2, -0.15) is 0 Å². The minimum Gasteiger partial charge on any atom is -0.0772 e. The highest BCUT2D eigenvalue weighted by Crippen LogP contribution is 2.21. The van der Waals surface area contributed by atoms with Gasteiger partial charge in [0.25, 0.3) is 0 Å². The maximum Gasteiger partial charge on any atom is 0.154 e. The Morgan fingerprint density at radius 1 is 0.706 bits per heavy atom. The molecule has 3 rings (SSSR count). The van der Waals surface area contributed by atoms with Crippen molar-refractivity contribution in [2.45, 2.75) is 0 Å². The van der Waals surface area contributed by atoms with Crippen LogP contribution < -0.4 is 5.26 Å². The predicted molar refractivity (Wildman–Crippen MR) is 68.2 cm³/mol. The van der Waals surface area contributed by atoms with E-state index in [1.54, 1.807) is 4.75 Å². The Hall–Kier alpha value is -2.42. The van der Waals surface area contributed by atoms with Gasteiger partial charge in [-0.1, -0.05) is 58.8 Å². The number of benzene rings is 3. The molecule has 0 saturated carbocycles. The van der Waals surface area contributed by atoms with E-state index in [0.29, 0.717) is 0 Å². The molecular formula is C14H10O3. The van der Waals surface area contributed by atoms with Crippen LogP contribution in [0.3, 0.4) is 0 Å². The molecule has 17 heavy (non-hydrogen) atoms. The third-order valence-corrected chi connectivity index (χ3v) is 2.61. The molecule has 3 nitrogen and oxygen atoms in total. The van der Waals surface area contributed by atoms with Crippen molar-refractivity contribution in [2.24, 2.45) is 0 Å². The van der Waals surface area contributed by atoms with Gasteiger partial charge < -0.3 is 0 Å². The van der Waals surface area contributed by atoms with Crippen molar-refractivity contribution in [3.05, 3.63) is 70.4 Å². The second-order valence-electron chi connectivity index (χ2n) is 3.61. The van der Waals surface area contributed by atoms with Gasteiger partial charge in [-0.25, -0.2) is 0 Å². The Kier molecular flexibility index (Phi) is 3.31. The number of hydrogen-bond donors (Lipinski definition) is 0. The Morgan fingerprint density at radius 2 is 0.941 bits per heavy atom. The molecule has 0 spiro atoms. The van der Waals surface area contributed by atoms with E-state index in [1.807, 2.05) is 0 Å². The predicted octanol–water partition coefficient (Wildman–Crippen LogP) is 2.87. The lowest BCUT2D eigenvalue weighted by Gasteiger charge is -2.00. The van der Waals surface area contributed by atoms with Gasteiger partial charge in [0, 0.05) is 0 Å². The smallest absolute Gasteiger partial charge is 0.0772 e. The lowest BCUT2D eigenvalue weighted by Crippen LogP contribution is -1.82. The largest absolute Gasteiger partial charge is 0.154 e. The van der Waals surface area contributed by atoms with Crippen LogP contribution in [0.4, 0.5) is 0 Å². The molecular weight excluding hydrogens is 216 g/mol. The van der Waals surface area contributed by atoms with E-state index in [9.17, 15) is 0 Å². The fourth-order valence-corrected chi connectivity index (χ4v) is 1.88. The summed E-state index contributed by atoms with van der Waals surface area (Å²) in [5.41, 5.74) is 0. The van der Waals surface area contributed by atoms with Crippen LogP contribution in [0.15, 0.2) is 60.7 Å². The molecule has 0 amide bonds. The second kappa shape index (κ2) is 5.07. The average molecular weight is 226 g/mol. The van der Waals surface area contributed by atoms with Gasteiger partial charge in [0.1, 0.15) is 0 Å². The zero-order valence-electron chi connectivity index (χ0n) is 9.00. The normalized spacial score (nSPS) is 9.65. The average Bonchev–Trinajstić information content (AvgIpc) is 2.37. The van der Waals surface area contributed by atoms with Crippen LogP contribution in [0, 0.1) is 9.71 Å². The van der Waals surface area contributed by atoms with Gasteiger partial charge in [0.05, 0.1) is 0 Å². The van der Waals surface area contributed by atoms with Gasteiger partial charge in [0.15, 0.2) is 4.75 Å². The number of fused-ring (bicyclic) bond motifs is 2. The zero-order valence-corrected chi connectivity index (χ0v) is 9.00. The summed E-state index contributed by atoms with van der Waals surface area (Å²) in [4.78, 5) is 7.88. The molecule has 0 aliphatic carbocycles. The Morgan fingerprint density at radius 3 is 1.18 bits per heavy atom. The van der Waals surface area contributed by atoms with E-state index >= 15 is 0 Å². The SMILES string of the molecule is O=[O+][O-].c1ccc2cc3ccccc3cc2c1. The number of hydrogen-bond acceptors (Lipinski definition) is 2. The number of rotatable bonds is 0. The third-order valence-electron chi connectivity index (χ3n) is 2.61. The first-order valence-corrected chi connectivity index (χ1v) is 5.14. The second-order valence-corrected chi connectivity index (χ2v) is 3.61. The molecule has 0 bridgehead atoms. The first-order chi connectivity index (χ1) is 8.35. The van der Waals surface area contributed by atoms with Crippen molar-refractivity contribution in [3.63, 3.8) is 0 Å². The highest BCUT2D eigenvalue weighted by atomic mass is 17.2. The van der Waals surface area contributed by atoms with Gasteiger partial charge in [0.2, 0.25) is 0 Å². The molecule has 0 aliphatic rings. The summed E-state index contributed by atoms with van der Waals surface area (Å²) in [5.74, 6) is 0. The van der Waals surface area contributed by atoms with E-state index < -0.39 is 0 Å². The third kappa shape index (κ3) is 2.39. The molecule has 0 heterocycles. The summed E-state index contributed by atoms with van der Waals surface area (Å²) in [6.45, 7) is 0. The Labute approximate surface area is 97.8 Å². The van der Waals surface area contributed by atoms with Crippen molar-refractivity contribution < 1.29 is 5.26 Å². The summed E-state index contributed by atoms with van der Waals surface area (Å²) in [6.07, 6.45) is 0. The molecule has 3 aromatic rings. The van der Waals surface area contributed by atoms with Gasteiger partial charge in [-0.05, 0) is 33.7 Å². The van der Waals surface area contributed by atoms with Crippen LogP contribution in [0.1, 0.15) is 0 Å². The Balaban J connectivity index is 0.000000329. The summed E-state index contributed by atoms with van der Waals surface area (Å²) in [6, 6.07) is 21.4. The van der Waals surface area contributed by atoms with Crippen molar-refractivity contribution in [3.8, 4) is 0 Å². The quantitative estimate of drug-likeness (QED) is 0.256. The Bertz CT molecular complexity index is 542. The van der Waals surface area contributed by atoms with E-state index in [2.05, 4.69) is 60.7 Å². The highest BCUT2D eigenvalue weighted by molar-refractivity contribution is 5.98. The van der Waals surface area contributed by atoms with Crippen LogP contribution in [-0.4, -0.2) is 0 Å². The van der Waals surface area contributed by atoms with Gasteiger partial charge in [-0.3, -0.25) is 0 Å². The molecule has 3 aromatic carbocycles. The van der Waals surface area contributed by atoms with Crippen molar-refractivity contribution in [1.29, 1.82) is 0 Å². The first kappa shape index (κ1) is 11.1. The van der Waals surface area contributed by atoms with Crippen LogP contribution in [-0.2, 0) is 0 Å². The van der Waals surface area contributed by atoms with Crippen LogP contribution in [0.5, 0.6) is 0 Å². The van der Waals surface area contributed by atoms with Crippen molar-refractivity contribution in [2.75, 3.05) is 0 Å². The van der Waals surface area contributed by atoms with E-state index in [1.165, 1.54) is 21.5 Å². The van der Waals surface area contributed by atoms with Gasteiger partial charge in [-0.15, -0.1) is 0 Å². The summed E-state index contributed by atoms with van der Waals surface area (Å²) in [5, 5.41) is 13.1. The molecule has 0 saturated heterocycles. The standard InChI is InChI=1S/C14H10.O3/c1-2-6-12-10-14-8-4-3-7-13(14)9-11(12)5-1;1-3-2/h1-10H;. The molecule has 0 aliphatic heterocycles. The van der Waals surface area contributed by atoms with Crippen LogP contribution >= 0.6 is 0 Å². The molecule has 3 heteroatoms. The van der Waals surface area contributed by atoms with E-state index in [4.69, 9.17) is 10.2 Å². The minimum absolute atomic E-state index is 1.31. The fraction of sp³-hybridized carbons (Fsp3) is 0. The maximum atomic E-state index is 7.88. The summed E-state index contributed by atoms with van der Waals surface area (Å²) >= 11 is 0. The monoisotopic (exact) mass is 226 g/mol. The molecule has 0 radical (unpaired) electrons. The lowest BCUT2D eigenvalue weighted by atomic mass is 10.0. The minimum atomic E-state index is 1.31. The van der Waals surface area contributed by atoms with Crippen molar-refractivity contribution >= 4 is 21.5 Å². The maximum absolute atomic E-state index is 7.88. The zero-order chi connectivity index (χ0) is 12.1. The van der Waals surface area contributed by atoms with E-state index in [0.717, 1.165) is 0 Å². The summed E-state index contributed by atoms with van der Waals surface area (Å²) < 4.78 is 1.75. The molecule has 0 fully saturated rings. The first-order valence-electron chi connectivity index (χ1n) is 5.14. The van der Waals surface area contributed by atoms with Gasteiger partial charge >= 0.3 is 0 Å². The molecule has 0 aromatic heterocycles. The molecule has 0 unspecified atom stereocenters. The fourth-order valence-electron chi connectivity index (χ4n) is 1.88. The topological polar surface area (TPSA) is 51.4 Å². The summed E-state index contributed by atoms with van der Waals surface area (Å²) in [7, 11) is 0. The molecule has 84 valence electrons. The van der Waals surface area contributed by atoms with Crippen LogP contribution in [0.2, 0.25) is 0 Å². The molecule has 0 N–H and O–H groups in total. The highest BCUT2D eigenvalue weighted by Gasteiger charge is 1.95. The lowest BCUT2D eigenvalue weighted by molar-refractivity contribution is -0.284. The molecule has 0 atom stereocenters. The van der Waals surface area contributed by atoms with Crippen molar-refractivity contribution in [1.82, 2.24) is 0 Å². The van der Waals surface area contributed by atoms with E-state index in [-0.39, 0.29) is 0 Å².